The van der Waals surface area contributed by atoms with Gasteiger partial charge in [-0.05, 0) is 37.6 Å². The zero-order valence-corrected chi connectivity index (χ0v) is 18.0. The fourth-order valence-electron chi connectivity index (χ4n) is 2.85. The Bertz CT molecular complexity index is 1100. The molecule has 0 saturated carbocycles. The monoisotopic (exact) mass is 444 g/mol. The summed E-state index contributed by atoms with van der Waals surface area (Å²) in [6.45, 7) is 8.41. The van der Waals surface area contributed by atoms with Gasteiger partial charge in [-0.3, -0.25) is 9.36 Å². The van der Waals surface area contributed by atoms with Gasteiger partial charge in [0.2, 0.25) is 5.91 Å². The first-order valence-electron chi connectivity index (χ1n) is 9.48. The molecule has 0 unspecified atom stereocenters. The van der Waals surface area contributed by atoms with Crippen LogP contribution >= 0.6 is 11.8 Å². The summed E-state index contributed by atoms with van der Waals surface area (Å²) >= 11 is 1.18. The van der Waals surface area contributed by atoms with Gasteiger partial charge in [0.1, 0.15) is 12.4 Å². The molecule has 0 bridgehead atoms. The van der Waals surface area contributed by atoms with E-state index < -0.39 is 11.6 Å². The van der Waals surface area contributed by atoms with Gasteiger partial charge in [-0.1, -0.05) is 35.5 Å². The van der Waals surface area contributed by atoms with Crippen molar-refractivity contribution in [3.05, 3.63) is 77.6 Å². The second-order valence-electron chi connectivity index (χ2n) is 6.82. The summed E-state index contributed by atoms with van der Waals surface area (Å²) in [7, 11) is 0. The van der Waals surface area contributed by atoms with Crippen molar-refractivity contribution in [2.24, 2.45) is 0 Å². The highest BCUT2D eigenvalue weighted by Crippen LogP contribution is 2.22. The molecule has 3 aromatic rings. The highest BCUT2D eigenvalue weighted by molar-refractivity contribution is 7.99. The number of thioether (sulfide) groups is 1. The second-order valence-corrected chi connectivity index (χ2v) is 7.76. The van der Waals surface area contributed by atoms with E-state index in [-0.39, 0.29) is 24.0 Å². The van der Waals surface area contributed by atoms with Gasteiger partial charge in [0.25, 0.3) is 0 Å². The van der Waals surface area contributed by atoms with Crippen LogP contribution in [0.5, 0.6) is 5.75 Å². The van der Waals surface area contributed by atoms with E-state index in [2.05, 4.69) is 22.1 Å². The van der Waals surface area contributed by atoms with Crippen LogP contribution in [0.25, 0.3) is 0 Å². The molecule has 6 nitrogen and oxygen atoms in total. The molecule has 0 radical (unpaired) electrons. The topological polar surface area (TPSA) is 69.0 Å². The number of hydrogen-bond donors (Lipinski definition) is 1. The number of hydrogen-bond acceptors (Lipinski definition) is 5. The number of amides is 1. The number of aryl methyl sites for hydroxylation is 2. The molecular weight excluding hydrogens is 422 g/mol. The van der Waals surface area contributed by atoms with Crippen LogP contribution in [0.15, 0.2) is 54.2 Å². The van der Waals surface area contributed by atoms with Crippen molar-refractivity contribution in [3.63, 3.8) is 0 Å². The van der Waals surface area contributed by atoms with E-state index in [1.165, 1.54) is 17.8 Å². The van der Waals surface area contributed by atoms with Gasteiger partial charge < -0.3 is 10.1 Å². The van der Waals surface area contributed by atoms with Crippen molar-refractivity contribution >= 4 is 23.4 Å². The number of carbonyl (C=O) groups is 1. The van der Waals surface area contributed by atoms with E-state index in [1.54, 1.807) is 6.08 Å². The molecule has 0 fully saturated rings. The van der Waals surface area contributed by atoms with Crippen molar-refractivity contribution in [2.45, 2.75) is 32.2 Å². The molecule has 0 saturated heterocycles. The number of allylic oxidation sites excluding steroid dienone is 1. The lowest BCUT2D eigenvalue weighted by molar-refractivity contribution is -0.113. The summed E-state index contributed by atoms with van der Waals surface area (Å²) in [5.74, 6) is -0.990. The summed E-state index contributed by atoms with van der Waals surface area (Å²) < 4.78 is 34.0. The minimum atomic E-state index is -1.02. The number of carbonyl (C=O) groups excluding carboxylic acids is 1. The fourth-order valence-corrected chi connectivity index (χ4v) is 3.62. The normalized spacial score (nSPS) is 10.7. The average Bonchev–Trinajstić information content (AvgIpc) is 3.10. The van der Waals surface area contributed by atoms with Crippen LogP contribution < -0.4 is 10.1 Å². The molecule has 1 aromatic heterocycles. The average molecular weight is 445 g/mol. The number of benzene rings is 2. The van der Waals surface area contributed by atoms with Crippen molar-refractivity contribution in [1.82, 2.24) is 14.8 Å². The van der Waals surface area contributed by atoms with E-state index in [9.17, 15) is 13.6 Å². The SMILES string of the molecule is C=CCn1c(COc2ccc(C)cc2C)nnc1SCC(=O)Nc1ccc(F)c(F)c1. The van der Waals surface area contributed by atoms with Gasteiger partial charge in [0, 0.05) is 18.3 Å². The lowest BCUT2D eigenvalue weighted by Crippen LogP contribution is -2.15. The van der Waals surface area contributed by atoms with Gasteiger partial charge in [-0.15, -0.1) is 16.8 Å². The maximum absolute atomic E-state index is 13.3. The molecule has 0 spiro atoms. The van der Waals surface area contributed by atoms with Gasteiger partial charge >= 0.3 is 0 Å². The molecule has 2 aromatic carbocycles. The lowest BCUT2D eigenvalue weighted by Gasteiger charge is -2.11. The third kappa shape index (κ3) is 5.91. The number of nitrogens with zero attached hydrogens (tertiary/aromatic N) is 3. The Morgan fingerprint density at radius 1 is 1.19 bits per heavy atom. The molecule has 9 heteroatoms. The second kappa shape index (κ2) is 10.2. The van der Waals surface area contributed by atoms with Gasteiger partial charge in [0.05, 0.1) is 5.75 Å². The van der Waals surface area contributed by atoms with Crippen LogP contribution in [0.3, 0.4) is 0 Å². The Balaban J connectivity index is 1.63. The van der Waals surface area contributed by atoms with E-state index in [0.29, 0.717) is 17.5 Å². The van der Waals surface area contributed by atoms with Crippen molar-refractivity contribution in [2.75, 3.05) is 11.1 Å². The van der Waals surface area contributed by atoms with Gasteiger partial charge in [-0.25, -0.2) is 8.78 Å². The third-order valence-corrected chi connectivity index (χ3v) is 5.29. The number of aromatic nitrogens is 3. The predicted octanol–water partition coefficient (Wildman–Crippen LogP) is 4.67. The van der Waals surface area contributed by atoms with Crippen LogP contribution in [-0.2, 0) is 17.9 Å². The third-order valence-electron chi connectivity index (χ3n) is 4.33. The molecule has 1 amide bonds. The smallest absolute Gasteiger partial charge is 0.234 e. The highest BCUT2D eigenvalue weighted by atomic mass is 32.2. The minimum absolute atomic E-state index is 0.0200. The molecule has 0 aliphatic heterocycles. The molecule has 1 heterocycles. The Hall–Kier alpha value is -3.20. The molecule has 3 rings (SSSR count). The number of halogens is 2. The van der Waals surface area contributed by atoms with Gasteiger partial charge in [0.15, 0.2) is 22.6 Å². The van der Waals surface area contributed by atoms with Crippen molar-refractivity contribution < 1.29 is 18.3 Å². The first-order chi connectivity index (χ1) is 14.9. The molecule has 0 aliphatic carbocycles. The summed E-state index contributed by atoms with van der Waals surface area (Å²) in [6, 6.07) is 9.11. The lowest BCUT2D eigenvalue weighted by atomic mass is 10.1. The fraction of sp³-hybridized carbons (Fsp3) is 0.227. The molecule has 1 N–H and O–H groups in total. The van der Waals surface area contributed by atoms with E-state index >= 15 is 0 Å². The maximum atomic E-state index is 13.3. The molecule has 0 aliphatic rings. The molecule has 31 heavy (non-hydrogen) atoms. The summed E-state index contributed by atoms with van der Waals surface area (Å²) in [4.78, 5) is 12.2. The van der Waals surface area contributed by atoms with E-state index in [4.69, 9.17) is 4.74 Å². The van der Waals surface area contributed by atoms with E-state index in [0.717, 1.165) is 29.0 Å². The highest BCUT2D eigenvalue weighted by Gasteiger charge is 2.15. The number of ether oxygens (including phenoxy) is 1. The van der Waals surface area contributed by atoms with Crippen LogP contribution in [0.4, 0.5) is 14.5 Å². The van der Waals surface area contributed by atoms with Gasteiger partial charge in [-0.2, -0.15) is 0 Å². The van der Waals surface area contributed by atoms with Crippen molar-refractivity contribution in [3.8, 4) is 5.75 Å². The van der Waals surface area contributed by atoms with Crippen LogP contribution in [0, 0.1) is 25.5 Å². The zero-order chi connectivity index (χ0) is 22.4. The largest absolute Gasteiger partial charge is 0.485 e. The Kier molecular flexibility index (Phi) is 7.41. The maximum Gasteiger partial charge on any atom is 0.234 e. The number of nitrogens with one attached hydrogen (secondary N) is 1. The van der Waals surface area contributed by atoms with Crippen LogP contribution in [-0.4, -0.2) is 26.4 Å². The minimum Gasteiger partial charge on any atom is -0.485 e. The predicted molar refractivity (Wildman–Crippen MR) is 116 cm³/mol. The van der Waals surface area contributed by atoms with Crippen LogP contribution in [0.2, 0.25) is 0 Å². The summed E-state index contributed by atoms with van der Waals surface area (Å²) in [5, 5.41) is 11.4. The summed E-state index contributed by atoms with van der Waals surface area (Å²) in [5.41, 5.74) is 2.36. The van der Waals surface area contributed by atoms with Crippen molar-refractivity contribution in [1.29, 1.82) is 0 Å². The summed E-state index contributed by atoms with van der Waals surface area (Å²) in [6.07, 6.45) is 1.70. The Morgan fingerprint density at radius 3 is 2.71 bits per heavy atom. The number of rotatable bonds is 9. The standard InChI is InChI=1S/C22H22F2N4O2S/c1-4-9-28-20(12-30-19-8-5-14(2)10-15(19)3)26-27-22(28)31-13-21(29)25-16-6-7-17(23)18(24)11-16/h4-8,10-11H,1,9,12-13H2,2-3H3,(H,25,29). The van der Waals surface area contributed by atoms with Crippen LogP contribution in [0.1, 0.15) is 17.0 Å². The number of anilines is 1. The molecule has 0 atom stereocenters. The molecular formula is C22H22F2N4O2S. The quantitative estimate of drug-likeness (QED) is 0.384. The molecule has 162 valence electrons. The Morgan fingerprint density at radius 2 is 2.00 bits per heavy atom. The van der Waals surface area contributed by atoms with E-state index in [1.807, 2.05) is 36.6 Å². The first kappa shape index (κ1) is 22.5. The Labute approximate surface area is 183 Å². The first-order valence-corrected chi connectivity index (χ1v) is 10.5. The zero-order valence-electron chi connectivity index (χ0n) is 17.2.